The Morgan fingerprint density at radius 3 is 2.76 bits per heavy atom. The van der Waals surface area contributed by atoms with Crippen molar-refractivity contribution in [3.63, 3.8) is 0 Å². The average Bonchev–Trinajstić information content (AvgIpc) is 3.28. The van der Waals surface area contributed by atoms with E-state index < -0.39 is 0 Å². The Bertz CT molecular complexity index is 848. The van der Waals surface area contributed by atoms with Crippen molar-refractivity contribution in [2.75, 3.05) is 37.6 Å². The van der Waals surface area contributed by atoms with E-state index in [0.29, 0.717) is 31.9 Å². The van der Waals surface area contributed by atoms with Crippen molar-refractivity contribution in [3.05, 3.63) is 36.2 Å². The van der Waals surface area contributed by atoms with E-state index in [4.69, 9.17) is 10.7 Å². The summed E-state index contributed by atoms with van der Waals surface area (Å²) < 4.78 is 2.79. The predicted octanol–water partition coefficient (Wildman–Crippen LogP) is 0.809. The van der Waals surface area contributed by atoms with Crippen molar-refractivity contribution in [1.29, 1.82) is 0 Å². The van der Waals surface area contributed by atoms with Gasteiger partial charge in [-0.2, -0.15) is 0 Å². The molecule has 1 aliphatic heterocycles. The van der Waals surface area contributed by atoms with Crippen molar-refractivity contribution in [3.8, 4) is 0 Å². The van der Waals surface area contributed by atoms with Gasteiger partial charge in [0.2, 0.25) is 0 Å². The second-order valence-corrected chi connectivity index (χ2v) is 6.91. The topological polar surface area (TPSA) is 93.2 Å². The fourth-order valence-electron chi connectivity index (χ4n) is 2.90. The number of hydrogen-bond acceptors (Lipinski definition) is 7. The smallest absolute Gasteiger partial charge is 0.276 e. The Labute approximate surface area is 148 Å². The zero-order valence-electron chi connectivity index (χ0n) is 13.7. The minimum absolute atomic E-state index is 0.0766. The number of carbonyl (C=O) groups is 1. The van der Waals surface area contributed by atoms with Crippen LogP contribution in [0.4, 0.5) is 5.13 Å². The number of fused-ring (bicyclic) bond motifs is 1. The number of aromatic nitrogens is 4. The number of rotatable bonds is 4. The molecule has 1 aromatic carbocycles. The van der Waals surface area contributed by atoms with Crippen molar-refractivity contribution in [1.82, 2.24) is 24.9 Å². The molecule has 130 valence electrons. The van der Waals surface area contributed by atoms with Crippen molar-refractivity contribution in [2.45, 2.75) is 6.54 Å². The second-order valence-electron chi connectivity index (χ2n) is 5.90. The third-order valence-corrected chi connectivity index (χ3v) is 5.33. The summed E-state index contributed by atoms with van der Waals surface area (Å²) in [6, 6.07) is 8.14. The summed E-state index contributed by atoms with van der Waals surface area (Å²) in [4.78, 5) is 21.3. The van der Waals surface area contributed by atoms with Crippen molar-refractivity contribution >= 4 is 32.6 Å². The lowest BCUT2D eigenvalue weighted by Crippen LogP contribution is -2.48. The highest BCUT2D eigenvalue weighted by Crippen LogP contribution is 2.29. The average molecular weight is 357 g/mol. The van der Waals surface area contributed by atoms with Crippen molar-refractivity contribution < 1.29 is 4.79 Å². The first-order valence-corrected chi connectivity index (χ1v) is 9.06. The molecule has 8 nitrogen and oxygen atoms in total. The van der Waals surface area contributed by atoms with Gasteiger partial charge >= 0.3 is 0 Å². The van der Waals surface area contributed by atoms with Gasteiger partial charge in [-0.15, -0.1) is 5.10 Å². The molecule has 0 atom stereocenters. The Balaban J connectivity index is 1.41. The summed E-state index contributed by atoms with van der Waals surface area (Å²) in [5.74, 6) is -0.0766. The van der Waals surface area contributed by atoms with Crippen LogP contribution in [0.15, 0.2) is 30.5 Å². The Morgan fingerprint density at radius 2 is 2.00 bits per heavy atom. The van der Waals surface area contributed by atoms with Gasteiger partial charge in [0, 0.05) is 32.7 Å². The summed E-state index contributed by atoms with van der Waals surface area (Å²) >= 11 is 1.69. The number of nitrogens with zero attached hydrogens (tertiary/aromatic N) is 6. The number of thiazole rings is 1. The first kappa shape index (κ1) is 16.0. The molecule has 0 unspecified atom stereocenters. The number of piperazine rings is 1. The maximum atomic E-state index is 12.5. The zero-order chi connectivity index (χ0) is 17.2. The highest BCUT2D eigenvalue weighted by atomic mass is 32.1. The van der Waals surface area contributed by atoms with Crippen LogP contribution in [0.5, 0.6) is 0 Å². The lowest BCUT2D eigenvalue weighted by Gasteiger charge is -2.34. The highest BCUT2D eigenvalue weighted by molar-refractivity contribution is 7.22. The van der Waals surface area contributed by atoms with Gasteiger partial charge in [-0.25, -0.2) is 4.98 Å². The van der Waals surface area contributed by atoms with Gasteiger partial charge in [0.05, 0.1) is 23.0 Å². The molecule has 0 aliphatic carbocycles. The maximum Gasteiger partial charge on any atom is 0.276 e. The number of carbonyl (C=O) groups excluding carboxylic acids is 1. The van der Waals surface area contributed by atoms with Crippen LogP contribution in [0.1, 0.15) is 10.5 Å². The zero-order valence-corrected chi connectivity index (χ0v) is 14.5. The number of amides is 1. The molecule has 1 saturated heterocycles. The SMILES string of the molecule is NCCn1cc(C(=O)N2CCN(c3nc4ccccc4s3)CC2)nn1. The van der Waals surface area contributed by atoms with Gasteiger partial charge < -0.3 is 15.5 Å². The summed E-state index contributed by atoms with van der Waals surface area (Å²) in [6.07, 6.45) is 1.66. The van der Waals surface area contributed by atoms with Crippen LogP contribution >= 0.6 is 11.3 Å². The third-order valence-electron chi connectivity index (χ3n) is 4.24. The quantitative estimate of drug-likeness (QED) is 0.743. The Hall–Kier alpha value is -2.52. The van der Waals surface area contributed by atoms with Crippen LogP contribution in [0, 0.1) is 0 Å². The van der Waals surface area contributed by atoms with E-state index >= 15 is 0 Å². The van der Waals surface area contributed by atoms with E-state index in [1.807, 2.05) is 23.1 Å². The number of benzene rings is 1. The molecule has 2 N–H and O–H groups in total. The minimum atomic E-state index is -0.0766. The van der Waals surface area contributed by atoms with E-state index in [-0.39, 0.29) is 5.91 Å². The molecule has 9 heteroatoms. The Morgan fingerprint density at radius 1 is 1.20 bits per heavy atom. The van der Waals surface area contributed by atoms with Crippen LogP contribution in [0.2, 0.25) is 0 Å². The van der Waals surface area contributed by atoms with Gasteiger partial charge in [0.1, 0.15) is 0 Å². The summed E-state index contributed by atoms with van der Waals surface area (Å²) in [5, 5.41) is 8.90. The molecular weight excluding hydrogens is 338 g/mol. The van der Waals surface area contributed by atoms with E-state index in [0.717, 1.165) is 23.7 Å². The van der Waals surface area contributed by atoms with Gasteiger partial charge in [-0.05, 0) is 12.1 Å². The predicted molar refractivity (Wildman–Crippen MR) is 96.8 cm³/mol. The van der Waals surface area contributed by atoms with E-state index in [2.05, 4.69) is 21.3 Å². The molecule has 0 saturated carbocycles. The lowest BCUT2D eigenvalue weighted by atomic mass is 10.3. The standard InChI is InChI=1S/C16H19N7OS/c17-5-6-23-11-13(19-20-23)15(24)21-7-9-22(10-8-21)16-18-12-3-1-2-4-14(12)25-16/h1-4,11H,5-10,17H2. The van der Waals surface area contributed by atoms with Gasteiger partial charge in [-0.1, -0.05) is 28.7 Å². The Kier molecular flexibility index (Phi) is 4.33. The number of para-hydroxylation sites is 1. The number of anilines is 1. The molecule has 1 fully saturated rings. The van der Waals surface area contributed by atoms with Gasteiger partial charge in [0.25, 0.3) is 5.91 Å². The minimum Gasteiger partial charge on any atom is -0.345 e. The lowest BCUT2D eigenvalue weighted by molar-refractivity contribution is 0.0740. The first-order valence-electron chi connectivity index (χ1n) is 8.24. The van der Waals surface area contributed by atoms with E-state index in [9.17, 15) is 4.79 Å². The molecular formula is C16H19N7OS. The maximum absolute atomic E-state index is 12.5. The van der Waals surface area contributed by atoms with Crippen molar-refractivity contribution in [2.24, 2.45) is 5.73 Å². The largest absolute Gasteiger partial charge is 0.345 e. The molecule has 1 amide bonds. The highest BCUT2D eigenvalue weighted by Gasteiger charge is 2.25. The monoisotopic (exact) mass is 357 g/mol. The number of nitrogens with two attached hydrogens (primary N) is 1. The third kappa shape index (κ3) is 3.20. The van der Waals surface area contributed by atoms with E-state index in [1.165, 1.54) is 4.70 Å². The number of hydrogen-bond donors (Lipinski definition) is 1. The van der Waals surface area contributed by atoms with E-state index in [1.54, 1.807) is 22.2 Å². The van der Waals surface area contributed by atoms with Crippen LogP contribution in [0.25, 0.3) is 10.2 Å². The molecule has 0 bridgehead atoms. The fourth-order valence-corrected chi connectivity index (χ4v) is 3.91. The summed E-state index contributed by atoms with van der Waals surface area (Å²) in [5.41, 5.74) is 6.90. The normalized spacial score (nSPS) is 15.1. The molecule has 0 spiro atoms. The second kappa shape index (κ2) is 6.77. The molecule has 2 aromatic heterocycles. The first-order chi connectivity index (χ1) is 12.2. The van der Waals surface area contributed by atoms with Crippen LogP contribution in [-0.4, -0.2) is 63.5 Å². The summed E-state index contributed by atoms with van der Waals surface area (Å²) in [6.45, 7) is 3.87. The molecule has 1 aliphatic rings. The molecule has 3 heterocycles. The molecule has 3 aromatic rings. The molecule has 0 radical (unpaired) electrons. The molecule has 4 rings (SSSR count). The van der Waals surface area contributed by atoms with Crippen LogP contribution < -0.4 is 10.6 Å². The van der Waals surface area contributed by atoms with Crippen LogP contribution in [-0.2, 0) is 6.54 Å². The van der Waals surface area contributed by atoms with Crippen LogP contribution in [0.3, 0.4) is 0 Å². The van der Waals surface area contributed by atoms with Gasteiger partial charge in [-0.3, -0.25) is 9.48 Å². The fraction of sp³-hybridized carbons (Fsp3) is 0.375. The molecule has 25 heavy (non-hydrogen) atoms. The summed E-state index contributed by atoms with van der Waals surface area (Å²) in [7, 11) is 0. The van der Waals surface area contributed by atoms with Gasteiger partial charge in [0.15, 0.2) is 10.8 Å².